The van der Waals surface area contributed by atoms with E-state index in [-0.39, 0.29) is 45.1 Å². The lowest BCUT2D eigenvalue weighted by Gasteiger charge is -2.31. The minimum Gasteiger partial charge on any atom is -0.376 e. The average molecular weight is 590 g/mol. The molecule has 2 N–H and O–H groups in total. The van der Waals surface area contributed by atoms with E-state index in [1.54, 1.807) is 0 Å². The van der Waals surface area contributed by atoms with Gasteiger partial charge in [0.05, 0.1) is 0 Å². The fourth-order valence-electron chi connectivity index (χ4n) is 4.48. The van der Waals surface area contributed by atoms with Crippen molar-refractivity contribution in [3.63, 3.8) is 0 Å². The first kappa shape index (κ1) is 18.0. The monoisotopic (exact) mass is 586 g/mol. The van der Waals surface area contributed by atoms with Crippen molar-refractivity contribution in [2.24, 2.45) is 11.8 Å². The minimum atomic E-state index is -0.0593. The smallest absolute Gasteiger partial charge is 0.186 e. The lowest BCUT2D eigenvalue weighted by molar-refractivity contribution is -0.120. The first-order valence-electron chi connectivity index (χ1n) is 8.29. The van der Waals surface area contributed by atoms with Crippen molar-refractivity contribution in [1.29, 1.82) is 0 Å². The first-order valence-corrected chi connectivity index (χ1v) is 11.9. The number of fused-ring (bicyclic) bond motifs is 2. The van der Waals surface area contributed by atoms with Gasteiger partial charge in [-0.1, -0.05) is 63.7 Å². The third kappa shape index (κ3) is 2.87. The van der Waals surface area contributed by atoms with E-state index in [1.807, 2.05) is 0 Å². The Morgan fingerprint density at radius 3 is 1.42 bits per heavy atom. The molecule has 2 saturated carbocycles. The molecule has 2 heterocycles. The average Bonchev–Trinajstić information content (AvgIpc) is 2.99. The molecule has 132 valence electrons. The van der Waals surface area contributed by atoms with E-state index in [1.165, 1.54) is 0 Å². The standard InChI is InChI=1S/C16H18Br4N2O2/c17-5-1-7-11(9(19)3-5)21-13(15(7)23)14-16(24)8-2-6(18)4-10(20)12(8)22-14/h5-12,21-22H,1-4H2/b14-13-. The molecule has 0 aromatic rings. The van der Waals surface area contributed by atoms with Crippen molar-refractivity contribution >= 4 is 75.3 Å². The van der Waals surface area contributed by atoms with E-state index in [9.17, 15) is 9.59 Å². The maximum Gasteiger partial charge on any atom is 0.186 e. The number of halogens is 4. The Kier molecular flexibility index (Phi) is 4.98. The first-order chi connectivity index (χ1) is 11.4. The van der Waals surface area contributed by atoms with Crippen LogP contribution in [0.3, 0.4) is 0 Å². The summed E-state index contributed by atoms with van der Waals surface area (Å²) in [5, 5.41) is 6.75. The second kappa shape index (κ2) is 6.64. The molecule has 4 aliphatic rings. The van der Waals surface area contributed by atoms with Crippen LogP contribution in [0.15, 0.2) is 11.4 Å². The lowest BCUT2D eigenvalue weighted by Crippen LogP contribution is -2.43. The van der Waals surface area contributed by atoms with Crippen LogP contribution in [0, 0.1) is 11.8 Å². The van der Waals surface area contributed by atoms with Crippen LogP contribution in [0.5, 0.6) is 0 Å². The van der Waals surface area contributed by atoms with E-state index in [2.05, 4.69) is 74.4 Å². The molecule has 8 unspecified atom stereocenters. The number of rotatable bonds is 0. The highest BCUT2D eigenvalue weighted by atomic mass is 79.9. The minimum absolute atomic E-state index is 0.0593. The van der Waals surface area contributed by atoms with Crippen LogP contribution in [0.1, 0.15) is 25.7 Å². The Balaban J connectivity index is 1.65. The van der Waals surface area contributed by atoms with Crippen molar-refractivity contribution < 1.29 is 9.59 Å². The maximum atomic E-state index is 12.9. The Labute approximate surface area is 174 Å². The Bertz CT molecular complexity index is 573. The molecule has 4 rings (SSSR count). The Morgan fingerprint density at radius 2 is 1.04 bits per heavy atom. The van der Waals surface area contributed by atoms with Crippen molar-refractivity contribution in [2.75, 3.05) is 0 Å². The van der Waals surface area contributed by atoms with Crippen LogP contribution in [0.2, 0.25) is 0 Å². The number of ketones is 2. The van der Waals surface area contributed by atoms with Gasteiger partial charge in [-0.15, -0.1) is 0 Å². The summed E-state index contributed by atoms with van der Waals surface area (Å²) in [4.78, 5) is 27.0. The number of carbonyl (C=O) groups excluding carboxylic acids is 2. The Morgan fingerprint density at radius 1 is 0.667 bits per heavy atom. The zero-order valence-corrected chi connectivity index (χ0v) is 19.1. The van der Waals surface area contributed by atoms with Gasteiger partial charge in [-0.25, -0.2) is 0 Å². The zero-order chi connectivity index (χ0) is 17.2. The van der Waals surface area contributed by atoms with Crippen LogP contribution in [0.25, 0.3) is 0 Å². The quantitative estimate of drug-likeness (QED) is 0.337. The summed E-state index contributed by atoms with van der Waals surface area (Å²) < 4.78 is 0. The van der Waals surface area contributed by atoms with E-state index >= 15 is 0 Å². The second-order valence-electron chi connectivity index (χ2n) is 7.20. The Hall–Kier alpha value is 0.600. The van der Waals surface area contributed by atoms with Crippen LogP contribution in [-0.4, -0.2) is 43.0 Å². The molecule has 8 heteroatoms. The molecule has 0 aromatic carbocycles. The predicted molar refractivity (Wildman–Crippen MR) is 107 cm³/mol. The molecular weight excluding hydrogens is 572 g/mol. The molecule has 0 aromatic heterocycles. The summed E-state index contributed by atoms with van der Waals surface area (Å²) in [6.07, 6.45) is 3.60. The summed E-state index contributed by atoms with van der Waals surface area (Å²) in [6.45, 7) is 0. The van der Waals surface area contributed by atoms with Crippen LogP contribution in [0.4, 0.5) is 0 Å². The van der Waals surface area contributed by atoms with Crippen molar-refractivity contribution in [3.05, 3.63) is 11.4 Å². The zero-order valence-electron chi connectivity index (χ0n) is 12.8. The van der Waals surface area contributed by atoms with E-state index in [4.69, 9.17) is 0 Å². The van der Waals surface area contributed by atoms with Gasteiger partial charge in [0, 0.05) is 43.2 Å². The summed E-state index contributed by atoms with van der Waals surface area (Å²) in [6, 6.07) is 0.157. The van der Waals surface area contributed by atoms with Gasteiger partial charge in [-0.2, -0.15) is 0 Å². The van der Waals surface area contributed by atoms with Gasteiger partial charge in [-0.3, -0.25) is 9.59 Å². The summed E-state index contributed by atoms with van der Waals surface area (Å²) in [7, 11) is 0. The van der Waals surface area contributed by atoms with Gasteiger partial charge in [0.25, 0.3) is 0 Å². The molecule has 4 fully saturated rings. The molecule has 24 heavy (non-hydrogen) atoms. The summed E-state index contributed by atoms with van der Waals surface area (Å²) in [5.74, 6) is 0.0565. The molecule has 8 atom stereocenters. The van der Waals surface area contributed by atoms with Crippen LogP contribution < -0.4 is 10.6 Å². The van der Waals surface area contributed by atoms with E-state index < -0.39 is 0 Å². The number of carbonyl (C=O) groups is 2. The van der Waals surface area contributed by atoms with Crippen LogP contribution in [-0.2, 0) is 9.59 Å². The van der Waals surface area contributed by atoms with Crippen molar-refractivity contribution in [1.82, 2.24) is 10.6 Å². The predicted octanol–water partition coefficient (Wildman–Crippen LogP) is 3.15. The molecule has 2 aliphatic heterocycles. The number of alkyl halides is 4. The SMILES string of the molecule is O=C1/C(=C2/NC3C(Br)CC(Br)CC3C2=O)NC2C(Br)CC(Br)CC12. The number of Topliss-reactive ketones (excluding diaryl/α,β-unsaturated/α-hetero) is 2. The third-order valence-electron chi connectivity index (χ3n) is 5.67. The van der Waals surface area contributed by atoms with E-state index in [0.29, 0.717) is 21.0 Å². The normalized spacial score (nSPS) is 51.0. The summed E-state index contributed by atoms with van der Waals surface area (Å²) >= 11 is 14.7. The van der Waals surface area contributed by atoms with Crippen LogP contribution >= 0.6 is 63.7 Å². The van der Waals surface area contributed by atoms with Crippen molar-refractivity contribution in [3.8, 4) is 0 Å². The second-order valence-corrected chi connectivity index (χ2v) is 12.1. The number of allylic oxidation sites excluding steroid dienone is 2. The highest BCUT2D eigenvalue weighted by Gasteiger charge is 2.52. The number of hydrogen-bond donors (Lipinski definition) is 2. The van der Waals surface area contributed by atoms with Crippen molar-refractivity contribution in [2.45, 2.75) is 57.1 Å². The lowest BCUT2D eigenvalue weighted by atomic mass is 9.83. The fraction of sp³-hybridized carbons (Fsp3) is 0.750. The van der Waals surface area contributed by atoms with Gasteiger partial charge < -0.3 is 10.6 Å². The van der Waals surface area contributed by atoms with E-state index in [0.717, 1.165) is 25.7 Å². The number of hydrogen-bond acceptors (Lipinski definition) is 4. The molecule has 0 radical (unpaired) electrons. The molecule has 0 bridgehead atoms. The van der Waals surface area contributed by atoms with Gasteiger partial charge in [0.15, 0.2) is 11.6 Å². The number of nitrogens with one attached hydrogen (secondary N) is 2. The topological polar surface area (TPSA) is 58.2 Å². The maximum absolute atomic E-state index is 12.9. The van der Waals surface area contributed by atoms with Gasteiger partial charge in [-0.05, 0) is 25.7 Å². The largest absolute Gasteiger partial charge is 0.376 e. The molecule has 2 saturated heterocycles. The van der Waals surface area contributed by atoms with Gasteiger partial charge in [0.2, 0.25) is 0 Å². The molecule has 2 aliphatic carbocycles. The molecule has 0 amide bonds. The van der Waals surface area contributed by atoms with Gasteiger partial charge in [0.1, 0.15) is 11.4 Å². The highest BCUT2D eigenvalue weighted by molar-refractivity contribution is 9.10. The molecular formula is C16H18Br4N2O2. The highest BCUT2D eigenvalue weighted by Crippen LogP contribution is 2.43. The summed E-state index contributed by atoms with van der Waals surface area (Å²) in [5.41, 5.74) is 1.03. The molecule has 0 spiro atoms. The fourth-order valence-corrected chi connectivity index (χ4v) is 9.00. The third-order valence-corrected chi connectivity index (χ3v) is 9.05. The molecule has 4 nitrogen and oxygen atoms in total. The van der Waals surface area contributed by atoms with Gasteiger partial charge >= 0.3 is 0 Å².